The van der Waals surface area contributed by atoms with Gasteiger partial charge in [-0.15, -0.1) is 0 Å². The van der Waals surface area contributed by atoms with Crippen LogP contribution in [-0.2, 0) is 40.2 Å². The van der Waals surface area contributed by atoms with Crippen LogP contribution < -0.4 is 9.44 Å². The third-order valence-electron chi connectivity index (χ3n) is 4.22. The Bertz CT molecular complexity index is 1140. The number of halogens is 2. The number of nitrogens with zero attached hydrogens (tertiary/aromatic N) is 1. The van der Waals surface area contributed by atoms with Crippen LogP contribution >= 0.6 is 23.2 Å². The summed E-state index contributed by atoms with van der Waals surface area (Å²) in [5.41, 5.74) is 1.37. The number of sulfonamides is 2. The molecule has 0 bridgehead atoms. The fourth-order valence-electron chi connectivity index (χ4n) is 2.65. The van der Waals surface area contributed by atoms with E-state index < -0.39 is 20.0 Å². The van der Waals surface area contributed by atoms with E-state index in [1.165, 1.54) is 17.0 Å². The average Bonchev–Trinajstić information content (AvgIpc) is 3.11. The SMILES string of the molecule is Cn1cc(S(=O)(=O)NCc2ccc(Cl)cc2)c(S(=O)(=O)NCc2ccc(Cl)cc2)c1. The lowest BCUT2D eigenvalue weighted by atomic mass is 10.2. The van der Waals surface area contributed by atoms with E-state index in [0.29, 0.717) is 21.2 Å². The third-order valence-corrected chi connectivity index (χ3v) is 7.71. The zero-order valence-corrected chi connectivity index (χ0v) is 19.0. The molecule has 0 radical (unpaired) electrons. The molecule has 0 aliphatic rings. The lowest BCUT2D eigenvalue weighted by Crippen LogP contribution is -2.28. The number of rotatable bonds is 8. The first-order valence-corrected chi connectivity index (χ1v) is 12.4. The minimum atomic E-state index is -4.09. The van der Waals surface area contributed by atoms with Crippen LogP contribution in [0.2, 0.25) is 10.0 Å². The topological polar surface area (TPSA) is 97.3 Å². The number of aromatic nitrogens is 1. The molecule has 0 spiro atoms. The van der Waals surface area contributed by atoms with Gasteiger partial charge in [-0.2, -0.15) is 0 Å². The summed E-state index contributed by atoms with van der Waals surface area (Å²) in [6.07, 6.45) is 2.50. The van der Waals surface area contributed by atoms with Gasteiger partial charge in [0.15, 0.2) is 0 Å². The lowest BCUT2D eigenvalue weighted by Gasteiger charge is -2.10. The van der Waals surface area contributed by atoms with Crippen LogP contribution in [0.5, 0.6) is 0 Å². The highest BCUT2D eigenvalue weighted by atomic mass is 35.5. The van der Waals surface area contributed by atoms with Crippen molar-refractivity contribution in [1.82, 2.24) is 14.0 Å². The molecule has 7 nitrogen and oxygen atoms in total. The van der Waals surface area contributed by atoms with Crippen molar-refractivity contribution in [2.45, 2.75) is 22.9 Å². The van der Waals surface area contributed by atoms with E-state index in [9.17, 15) is 16.8 Å². The molecular formula is C19H19Cl2N3O4S2. The highest BCUT2D eigenvalue weighted by Crippen LogP contribution is 2.22. The molecule has 11 heteroatoms. The average molecular weight is 488 g/mol. The van der Waals surface area contributed by atoms with Crippen LogP contribution in [0.3, 0.4) is 0 Å². The van der Waals surface area contributed by atoms with Gasteiger partial charge in [0.05, 0.1) is 0 Å². The van der Waals surface area contributed by atoms with Gasteiger partial charge in [0.2, 0.25) is 20.0 Å². The van der Waals surface area contributed by atoms with Crippen molar-refractivity contribution in [3.8, 4) is 0 Å². The monoisotopic (exact) mass is 487 g/mol. The Morgan fingerprint density at radius 1 is 0.700 bits per heavy atom. The highest BCUT2D eigenvalue weighted by Gasteiger charge is 2.28. The number of benzene rings is 2. The molecule has 0 unspecified atom stereocenters. The van der Waals surface area contributed by atoms with E-state index in [1.807, 2.05) is 0 Å². The summed E-state index contributed by atoms with van der Waals surface area (Å²) in [6.45, 7) is -0.0157. The van der Waals surface area contributed by atoms with Crippen LogP contribution in [0.4, 0.5) is 0 Å². The van der Waals surface area contributed by atoms with Gasteiger partial charge >= 0.3 is 0 Å². The van der Waals surface area contributed by atoms with Gasteiger partial charge < -0.3 is 4.57 Å². The summed E-state index contributed by atoms with van der Waals surface area (Å²) in [5, 5.41) is 1.06. The molecule has 3 aromatic rings. The zero-order chi connectivity index (χ0) is 21.9. The Labute approximate surface area is 185 Å². The van der Waals surface area contributed by atoms with Gasteiger partial charge in [-0.05, 0) is 35.4 Å². The first-order chi connectivity index (χ1) is 14.1. The number of nitrogens with one attached hydrogen (secondary N) is 2. The molecule has 0 saturated carbocycles. The number of hydrogen-bond donors (Lipinski definition) is 2. The molecule has 160 valence electrons. The van der Waals surface area contributed by atoms with Gasteiger partial charge in [0.1, 0.15) is 9.79 Å². The Kier molecular flexibility index (Phi) is 6.91. The predicted molar refractivity (Wildman–Crippen MR) is 116 cm³/mol. The van der Waals surface area contributed by atoms with Gasteiger partial charge in [-0.1, -0.05) is 47.5 Å². The van der Waals surface area contributed by atoms with Crippen molar-refractivity contribution in [1.29, 1.82) is 0 Å². The maximum atomic E-state index is 12.8. The van der Waals surface area contributed by atoms with Crippen molar-refractivity contribution < 1.29 is 16.8 Å². The molecule has 0 aliphatic carbocycles. The summed E-state index contributed by atoms with van der Waals surface area (Å²) in [5.74, 6) is 0. The van der Waals surface area contributed by atoms with Crippen LogP contribution in [0.15, 0.2) is 70.7 Å². The van der Waals surface area contributed by atoms with Crippen molar-refractivity contribution in [3.05, 3.63) is 82.1 Å². The molecule has 2 N–H and O–H groups in total. The second-order valence-corrected chi connectivity index (χ2v) is 10.9. The molecule has 3 rings (SSSR count). The Morgan fingerprint density at radius 3 is 1.37 bits per heavy atom. The van der Waals surface area contributed by atoms with E-state index in [1.54, 1.807) is 55.6 Å². The molecule has 2 aromatic carbocycles. The first kappa shape index (κ1) is 22.8. The van der Waals surface area contributed by atoms with E-state index in [-0.39, 0.29) is 22.9 Å². The standard InChI is InChI=1S/C19H19Cl2N3O4S2/c1-24-12-18(29(25,26)22-10-14-2-6-16(20)7-3-14)19(13-24)30(27,28)23-11-15-4-8-17(21)9-5-15/h2-9,12-13,22-23H,10-11H2,1H3. The van der Waals surface area contributed by atoms with Crippen LogP contribution in [0.25, 0.3) is 0 Å². The smallest absolute Gasteiger partial charge is 0.243 e. The summed E-state index contributed by atoms with van der Waals surface area (Å²) in [7, 11) is -6.63. The van der Waals surface area contributed by atoms with Crippen molar-refractivity contribution in [2.75, 3.05) is 0 Å². The highest BCUT2D eigenvalue weighted by molar-refractivity contribution is 7.92. The van der Waals surface area contributed by atoms with E-state index in [2.05, 4.69) is 9.44 Å². The predicted octanol–water partition coefficient (Wildman–Crippen LogP) is 3.29. The Balaban J connectivity index is 1.80. The maximum Gasteiger partial charge on any atom is 0.243 e. The van der Waals surface area contributed by atoms with Crippen molar-refractivity contribution in [3.63, 3.8) is 0 Å². The molecule has 0 saturated heterocycles. The van der Waals surface area contributed by atoms with Gasteiger partial charge in [0, 0.05) is 42.6 Å². The lowest BCUT2D eigenvalue weighted by molar-refractivity contribution is 0.568. The first-order valence-electron chi connectivity index (χ1n) is 8.71. The van der Waals surface area contributed by atoms with Gasteiger partial charge in [-0.25, -0.2) is 26.3 Å². The Morgan fingerprint density at radius 2 is 1.03 bits per heavy atom. The summed E-state index contributed by atoms with van der Waals surface area (Å²) < 4.78 is 57.5. The molecule has 1 aromatic heterocycles. The fourth-order valence-corrected chi connectivity index (χ4v) is 5.83. The minimum absolute atomic E-state index is 0.00785. The summed E-state index contributed by atoms with van der Waals surface area (Å²) >= 11 is 11.7. The number of aryl methyl sites for hydroxylation is 1. The van der Waals surface area contributed by atoms with E-state index in [4.69, 9.17) is 23.2 Å². The van der Waals surface area contributed by atoms with E-state index in [0.717, 1.165) is 0 Å². The van der Waals surface area contributed by atoms with Gasteiger partial charge in [-0.3, -0.25) is 0 Å². The Hall–Kier alpha value is -1.88. The summed E-state index contributed by atoms with van der Waals surface area (Å²) in [6, 6.07) is 13.3. The fraction of sp³-hybridized carbons (Fsp3) is 0.158. The van der Waals surface area contributed by atoms with Crippen LogP contribution in [0.1, 0.15) is 11.1 Å². The van der Waals surface area contributed by atoms with Crippen molar-refractivity contribution in [2.24, 2.45) is 7.05 Å². The quantitative estimate of drug-likeness (QED) is 0.509. The second kappa shape index (κ2) is 9.09. The number of hydrogen-bond acceptors (Lipinski definition) is 4. The van der Waals surface area contributed by atoms with Crippen LogP contribution in [-0.4, -0.2) is 21.4 Å². The van der Waals surface area contributed by atoms with Crippen LogP contribution in [0, 0.1) is 0 Å². The summed E-state index contributed by atoms with van der Waals surface area (Å²) in [4.78, 5) is -0.662. The molecular weight excluding hydrogens is 469 g/mol. The molecule has 0 fully saturated rings. The molecule has 0 amide bonds. The molecule has 1 heterocycles. The zero-order valence-electron chi connectivity index (χ0n) is 15.8. The van der Waals surface area contributed by atoms with Crippen molar-refractivity contribution >= 4 is 43.2 Å². The van der Waals surface area contributed by atoms with E-state index >= 15 is 0 Å². The minimum Gasteiger partial charge on any atom is -0.354 e. The normalized spacial score (nSPS) is 12.2. The third kappa shape index (κ3) is 5.63. The second-order valence-electron chi connectivity index (χ2n) is 6.55. The molecule has 0 atom stereocenters. The molecule has 30 heavy (non-hydrogen) atoms. The maximum absolute atomic E-state index is 12.8. The molecule has 0 aliphatic heterocycles. The largest absolute Gasteiger partial charge is 0.354 e. The van der Waals surface area contributed by atoms with Gasteiger partial charge in [0.25, 0.3) is 0 Å².